The minimum Gasteiger partial charge on any atom is -0.276 e. The molecular formula is C12H15N5O2S2. The van der Waals surface area contributed by atoms with Gasteiger partial charge < -0.3 is 0 Å². The van der Waals surface area contributed by atoms with Crippen molar-refractivity contribution >= 4 is 27.4 Å². The van der Waals surface area contributed by atoms with E-state index in [0.29, 0.717) is 23.9 Å². The van der Waals surface area contributed by atoms with Gasteiger partial charge in [0.25, 0.3) is 0 Å². The van der Waals surface area contributed by atoms with E-state index in [2.05, 4.69) is 10.2 Å². The number of nitrogens with zero attached hydrogens (tertiary/aromatic N) is 5. The summed E-state index contributed by atoms with van der Waals surface area (Å²) in [4.78, 5) is 0.192. The van der Waals surface area contributed by atoms with E-state index in [1.165, 1.54) is 28.3 Å². The largest absolute Gasteiger partial charge is 0.276 e. The Labute approximate surface area is 127 Å². The zero-order valence-corrected chi connectivity index (χ0v) is 13.4. The van der Waals surface area contributed by atoms with E-state index >= 15 is 0 Å². The second-order valence-corrected chi connectivity index (χ2v) is 6.99. The smallest absolute Gasteiger partial charge is 0.244 e. The number of fused-ring (bicyclic) bond motifs is 1. The molecule has 2 aromatic heterocycles. The highest BCUT2D eigenvalue weighted by atomic mass is 32.2. The molecule has 0 aliphatic rings. The van der Waals surface area contributed by atoms with Gasteiger partial charge in [-0.3, -0.25) is 4.40 Å². The maximum atomic E-state index is 12.5. The Bertz CT molecular complexity index is 775. The first-order chi connectivity index (χ1) is 10.0. The molecule has 0 spiro atoms. The number of rotatable bonds is 6. The number of sulfonamides is 1. The Hall–Kier alpha value is -1.63. The molecular weight excluding hydrogens is 310 g/mol. The van der Waals surface area contributed by atoms with Gasteiger partial charge in [-0.1, -0.05) is 25.6 Å². The molecule has 0 aromatic carbocycles. The van der Waals surface area contributed by atoms with Gasteiger partial charge in [-0.15, -0.1) is 10.2 Å². The van der Waals surface area contributed by atoms with Crippen LogP contribution in [0.4, 0.5) is 0 Å². The van der Waals surface area contributed by atoms with Crippen LogP contribution >= 0.6 is 11.8 Å². The van der Waals surface area contributed by atoms with Crippen LogP contribution in [0.3, 0.4) is 0 Å². The molecule has 0 saturated carbocycles. The molecule has 0 amide bonds. The summed E-state index contributed by atoms with van der Waals surface area (Å²) in [7, 11) is -3.53. The second-order valence-electron chi connectivity index (χ2n) is 4.11. The Kier molecular flexibility index (Phi) is 4.82. The van der Waals surface area contributed by atoms with Crippen molar-refractivity contribution in [2.45, 2.75) is 23.9 Å². The number of thioether (sulfide) groups is 1. The van der Waals surface area contributed by atoms with Crippen LogP contribution in [0.2, 0.25) is 0 Å². The summed E-state index contributed by atoms with van der Waals surface area (Å²) < 4.78 is 28.0. The lowest BCUT2D eigenvalue weighted by Gasteiger charge is -2.18. The van der Waals surface area contributed by atoms with Crippen LogP contribution in [0.15, 0.2) is 28.4 Å². The average molecular weight is 325 g/mol. The summed E-state index contributed by atoms with van der Waals surface area (Å²) in [6.45, 7) is 4.42. The van der Waals surface area contributed by atoms with Crippen molar-refractivity contribution < 1.29 is 8.42 Å². The molecule has 2 rings (SSSR count). The molecule has 0 radical (unpaired) electrons. The Morgan fingerprint density at radius 3 is 2.67 bits per heavy atom. The number of nitriles is 1. The van der Waals surface area contributed by atoms with E-state index in [1.807, 2.05) is 6.07 Å². The van der Waals surface area contributed by atoms with Crippen LogP contribution in [-0.4, -0.2) is 46.2 Å². The number of hydrogen-bond donors (Lipinski definition) is 0. The first-order valence-corrected chi connectivity index (χ1v) is 8.81. The van der Waals surface area contributed by atoms with Gasteiger partial charge in [0, 0.05) is 19.3 Å². The SMILES string of the molecule is CCN(CC)S(=O)(=O)c1ccc2nnc(SCC#N)n2c1. The maximum Gasteiger partial charge on any atom is 0.244 e. The van der Waals surface area contributed by atoms with Gasteiger partial charge in [0.2, 0.25) is 10.0 Å². The van der Waals surface area contributed by atoms with Crippen LogP contribution in [0, 0.1) is 11.3 Å². The number of pyridine rings is 1. The zero-order chi connectivity index (χ0) is 15.5. The molecule has 0 unspecified atom stereocenters. The fourth-order valence-electron chi connectivity index (χ4n) is 1.91. The van der Waals surface area contributed by atoms with Gasteiger partial charge >= 0.3 is 0 Å². The number of aromatic nitrogens is 3. The van der Waals surface area contributed by atoms with Crippen molar-refractivity contribution in [2.24, 2.45) is 0 Å². The predicted molar refractivity (Wildman–Crippen MR) is 79.4 cm³/mol. The van der Waals surface area contributed by atoms with Crippen molar-refractivity contribution in [3.63, 3.8) is 0 Å². The van der Waals surface area contributed by atoms with Crippen molar-refractivity contribution in [1.82, 2.24) is 18.9 Å². The quantitative estimate of drug-likeness (QED) is 0.745. The molecule has 0 N–H and O–H groups in total. The van der Waals surface area contributed by atoms with Gasteiger partial charge in [0.1, 0.15) is 0 Å². The molecule has 0 saturated heterocycles. The van der Waals surface area contributed by atoms with E-state index in [-0.39, 0.29) is 10.6 Å². The summed E-state index contributed by atoms with van der Waals surface area (Å²) in [5.74, 6) is 0.230. The first-order valence-electron chi connectivity index (χ1n) is 6.39. The van der Waals surface area contributed by atoms with E-state index in [9.17, 15) is 8.42 Å². The minimum atomic E-state index is -3.53. The normalized spacial score (nSPS) is 11.9. The van der Waals surface area contributed by atoms with E-state index in [1.54, 1.807) is 24.3 Å². The Balaban J connectivity index is 2.49. The van der Waals surface area contributed by atoms with Crippen molar-refractivity contribution in [3.8, 4) is 6.07 Å². The maximum absolute atomic E-state index is 12.5. The number of hydrogen-bond acceptors (Lipinski definition) is 6. The van der Waals surface area contributed by atoms with Crippen LogP contribution in [0.25, 0.3) is 5.65 Å². The third kappa shape index (κ3) is 3.02. The summed E-state index contributed by atoms with van der Waals surface area (Å²) in [6.07, 6.45) is 1.50. The fourth-order valence-corrected chi connectivity index (χ4v) is 3.94. The third-order valence-corrected chi connectivity index (χ3v) is 5.80. The molecule has 2 heterocycles. The molecule has 112 valence electrons. The standard InChI is InChI=1S/C12H15N5O2S2/c1-3-16(4-2)21(18,19)10-5-6-11-14-15-12(17(11)9-10)20-8-7-13/h5-6,9H,3-4,8H2,1-2H3. The molecule has 0 atom stereocenters. The van der Waals surface area contributed by atoms with Crippen molar-refractivity contribution in [2.75, 3.05) is 18.8 Å². The molecule has 7 nitrogen and oxygen atoms in total. The molecule has 0 fully saturated rings. The lowest BCUT2D eigenvalue weighted by atomic mass is 10.5. The van der Waals surface area contributed by atoms with Gasteiger partial charge in [-0.25, -0.2) is 8.42 Å². The predicted octanol–water partition coefficient (Wildman–Crippen LogP) is 1.38. The summed E-state index contributed by atoms with van der Waals surface area (Å²) >= 11 is 1.22. The highest BCUT2D eigenvalue weighted by molar-refractivity contribution is 7.99. The lowest BCUT2D eigenvalue weighted by molar-refractivity contribution is 0.445. The van der Waals surface area contributed by atoms with Crippen LogP contribution in [0.1, 0.15) is 13.8 Å². The third-order valence-electron chi connectivity index (χ3n) is 2.95. The average Bonchev–Trinajstić information content (AvgIpc) is 2.88. The van der Waals surface area contributed by atoms with Crippen molar-refractivity contribution in [1.29, 1.82) is 5.26 Å². The van der Waals surface area contributed by atoms with Gasteiger partial charge in [0.15, 0.2) is 10.8 Å². The van der Waals surface area contributed by atoms with Gasteiger partial charge in [-0.05, 0) is 12.1 Å². The van der Waals surface area contributed by atoms with E-state index in [4.69, 9.17) is 5.26 Å². The second kappa shape index (κ2) is 6.43. The summed E-state index contributed by atoms with van der Waals surface area (Å²) in [6, 6.07) is 5.14. The summed E-state index contributed by atoms with van der Waals surface area (Å²) in [5.41, 5.74) is 0.550. The highest BCUT2D eigenvalue weighted by Gasteiger charge is 2.22. The monoisotopic (exact) mass is 325 g/mol. The summed E-state index contributed by atoms with van der Waals surface area (Å²) in [5, 5.41) is 17.0. The van der Waals surface area contributed by atoms with Crippen LogP contribution in [-0.2, 0) is 10.0 Å². The van der Waals surface area contributed by atoms with Crippen LogP contribution < -0.4 is 0 Å². The molecule has 0 bridgehead atoms. The minimum absolute atomic E-state index is 0.192. The molecule has 0 aliphatic heterocycles. The Morgan fingerprint density at radius 2 is 2.05 bits per heavy atom. The van der Waals surface area contributed by atoms with Gasteiger partial charge in [-0.2, -0.15) is 9.57 Å². The molecule has 21 heavy (non-hydrogen) atoms. The highest BCUT2D eigenvalue weighted by Crippen LogP contribution is 2.20. The van der Waals surface area contributed by atoms with Crippen LogP contribution in [0.5, 0.6) is 0 Å². The van der Waals surface area contributed by atoms with E-state index in [0.717, 1.165) is 0 Å². The Morgan fingerprint density at radius 1 is 1.33 bits per heavy atom. The molecule has 9 heteroatoms. The van der Waals surface area contributed by atoms with Gasteiger partial charge in [0.05, 0.1) is 16.7 Å². The van der Waals surface area contributed by atoms with Crippen molar-refractivity contribution in [3.05, 3.63) is 18.3 Å². The first kappa shape index (κ1) is 15.8. The molecule has 2 aromatic rings. The topological polar surface area (TPSA) is 91.4 Å². The van der Waals surface area contributed by atoms with E-state index < -0.39 is 10.0 Å². The zero-order valence-electron chi connectivity index (χ0n) is 11.7. The molecule has 0 aliphatic carbocycles. The fraction of sp³-hybridized carbons (Fsp3) is 0.417. The lowest BCUT2D eigenvalue weighted by Crippen LogP contribution is -2.30.